The van der Waals surface area contributed by atoms with E-state index in [1.807, 2.05) is 11.8 Å². The van der Waals surface area contributed by atoms with E-state index >= 15 is 0 Å². The number of rotatable bonds is 5. The summed E-state index contributed by atoms with van der Waals surface area (Å²) < 4.78 is 0. The van der Waals surface area contributed by atoms with E-state index in [4.69, 9.17) is 5.73 Å². The Bertz CT molecular complexity index is 267. The third-order valence-electron chi connectivity index (χ3n) is 2.71. The Morgan fingerprint density at radius 3 is 2.87 bits per heavy atom. The normalized spacial score (nSPS) is 19.9. The van der Waals surface area contributed by atoms with Gasteiger partial charge in [0.2, 0.25) is 0 Å². The van der Waals surface area contributed by atoms with Crippen molar-refractivity contribution in [1.29, 1.82) is 0 Å². The van der Waals surface area contributed by atoms with Crippen molar-refractivity contribution < 1.29 is 15.6 Å². The van der Waals surface area contributed by atoms with Gasteiger partial charge < -0.3 is 26.3 Å². The third kappa shape index (κ3) is 3.09. The van der Waals surface area contributed by atoms with Crippen LogP contribution in [0.3, 0.4) is 0 Å². The molecule has 1 aliphatic rings. The van der Waals surface area contributed by atoms with Crippen LogP contribution in [-0.4, -0.2) is 42.0 Å². The predicted octanol–water partition coefficient (Wildman–Crippen LogP) is -2.85. The minimum Gasteiger partial charge on any atom is -0.544 e. The van der Waals surface area contributed by atoms with Crippen LogP contribution in [0, 0.1) is 0 Å². The van der Waals surface area contributed by atoms with Gasteiger partial charge in [0.05, 0.1) is 12.5 Å². The number of nitrogens with two attached hydrogens (primary N) is 1. The molecule has 0 spiro atoms. The van der Waals surface area contributed by atoms with Crippen molar-refractivity contribution in [2.24, 2.45) is 10.7 Å². The standard InChI is InChI=1S/C9H18N4O2/c1-6(2-3-7(10)8(14)15)13-5-4-12-9(13)11/h6-7H,2-5,10H2,1H3,(H2,11,12)(H,14,15). The maximum absolute atomic E-state index is 10.5. The number of quaternary nitrogens is 1. The van der Waals surface area contributed by atoms with Crippen LogP contribution in [0.2, 0.25) is 0 Å². The lowest BCUT2D eigenvalue weighted by Crippen LogP contribution is -2.68. The fourth-order valence-electron chi connectivity index (χ4n) is 1.64. The summed E-state index contributed by atoms with van der Waals surface area (Å²) >= 11 is 0. The van der Waals surface area contributed by atoms with E-state index in [-0.39, 0.29) is 6.04 Å². The van der Waals surface area contributed by atoms with Gasteiger partial charge in [0.1, 0.15) is 6.04 Å². The van der Waals surface area contributed by atoms with Gasteiger partial charge in [0.15, 0.2) is 5.96 Å². The van der Waals surface area contributed by atoms with Gasteiger partial charge >= 0.3 is 0 Å². The molecule has 0 amide bonds. The Hall–Kier alpha value is -1.30. The second-order valence-electron chi connectivity index (χ2n) is 3.88. The molecule has 0 fully saturated rings. The Kier molecular flexibility index (Phi) is 3.90. The Morgan fingerprint density at radius 2 is 2.40 bits per heavy atom. The number of carbonyl (C=O) groups excluding carboxylic acids is 1. The van der Waals surface area contributed by atoms with Crippen LogP contribution in [0.4, 0.5) is 0 Å². The molecule has 6 heteroatoms. The average Bonchev–Trinajstić information content (AvgIpc) is 2.60. The van der Waals surface area contributed by atoms with Crippen molar-refractivity contribution in [1.82, 2.24) is 4.90 Å². The molecule has 0 aromatic heterocycles. The summed E-state index contributed by atoms with van der Waals surface area (Å²) in [6.07, 6.45) is 1.24. The molecule has 2 atom stereocenters. The predicted molar refractivity (Wildman–Crippen MR) is 53.6 cm³/mol. The lowest BCUT2D eigenvalue weighted by atomic mass is 10.1. The number of carbonyl (C=O) groups is 1. The van der Waals surface area contributed by atoms with Crippen molar-refractivity contribution in [3.05, 3.63) is 0 Å². The molecular formula is C9H18N4O2. The van der Waals surface area contributed by atoms with Gasteiger partial charge in [-0.05, 0) is 13.3 Å². The number of hydrogen-bond donors (Lipinski definition) is 2. The summed E-state index contributed by atoms with van der Waals surface area (Å²) in [6.45, 7) is 3.56. The quantitative estimate of drug-likeness (QED) is 0.513. The fourth-order valence-corrected chi connectivity index (χ4v) is 1.64. The lowest BCUT2D eigenvalue weighted by molar-refractivity contribution is -0.438. The monoisotopic (exact) mass is 214 g/mol. The van der Waals surface area contributed by atoms with E-state index in [9.17, 15) is 9.90 Å². The number of aliphatic carboxylic acids is 1. The average molecular weight is 214 g/mol. The lowest BCUT2D eigenvalue weighted by Gasteiger charge is -2.26. The number of hydrogen-bond acceptors (Lipinski definition) is 5. The first-order valence-electron chi connectivity index (χ1n) is 5.13. The van der Waals surface area contributed by atoms with Crippen LogP contribution in [0.25, 0.3) is 0 Å². The van der Waals surface area contributed by atoms with E-state index in [0.29, 0.717) is 12.4 Å². The van der Waals surface area contributed by atoms with Gasteiger partial charge in [-0.25, -0.2) is 0 Å². The summed E-state index contributed by atoms with van der Waals surface area (Å²) in [6, 6.07) is -0.437. The van der Waals surface area contributed by atoms with Crippen LogP contribution in [0.15, 0.2) is 4.99 Å². The number of aliphatic imine (C=N–C) groups is 1. The molecule has 1 heterocycles. The first-order valence-corrected chi connectivity index (χ1v) is 5.13. The molecule has 0 aliphatic carbocycles. The van der Waals surface area contributed by atoms with E-state index < -0.39 is 12.0 Å². The Labute approximate surface area is 88.9 Å². The fraction of sp³-hybridized carbons (Fsp3) is 0.778. The Morgan fingerprint density at radius 1 is 1.73 bits per heavy atom. The summed E-state index contributed by atoms with van der Waals surface area (Å²) in [4.78, 5) is 16.5. The molecule has 1 aliphatic heterocycles. The van der Waals surface area contributed by atoms with Crippen molar-refractivity contribution in [3.8, 4) is 0 Å². The van der Waals surface area contributed by atoms with Gasteiger partial charge in [-0.15, -0.1) is 0 Å². The van der Waals surface area contributed by atoms with Crippen LogP contribution in [-0.2, 0) is 4.79 Å². The molecule has 0 saturated heterocycles. The van der Waals surface area contributed by atoms with Gasteiger partial charge in [-0.1, -0.05) is 0 Å². The summed E-state index contributed by atoms with van der Waals surface area (Å²) in [5.74, 6) is -0.540. The first kappa shape index (κ1) is 11.8. The number of carboxylic acid groups (broad SMARTS) is 1. The van der Waals surface area contributed by atoms with Gasteiger partial charge in [0.25, 0.3) is 0 Å². The zero-order chi connectivity index (χ0) is 11.4. The molecule has 86 valence electrons. The summed E-state index contributed by atoms with van der Waals surface area (Å²) in [5, 5.41) is 10.5. The van der Waals surface area contributed by atoms with E-state index in [1.54, 1.807) is 0 Å². The van der Waals surface area contributed by atoms with Crippen molar-refractivity contribution in [2.45, 2.75) is 31.8 Å². The Balaban J connectivity index is 2.33. The molecule has 1 rings (SSSR count). The maximum atomic E-state index is 10.5. The van der Waals surface area contributed by atoms with Crippen molar-refractivity contribution >= 4 is 11.9 Å². The molecular weight excluding hydrogens is 196 g/mol. The highest BCUT2D eigenvalue weighted by Gasteiger charge is 2.20. The van der Waals surface area contributed by atoms with Crippen LogP contribution >= 0.6 is 0 Å². The number of guanidine groups is 1. The molecule has 15 heavy (non-hydrogen) atoms. The molecule has 6 nitrogen and oxygen atoms in total. The molecule has 0 aromatic rings. The summed E-state index contributed by atoms with van der Waals surface area (Å²) in [5.41, 5.74) is 9.19. The largest absolute Gasteiger partial charge is 0.544 e. The summed E-state index contributed by atoms with van der Waals surface area (Å²) in [7, 11) is 0. The SMILES string of the molecule is CC(CCC([NH3+])C(=O)[O-])N1CCN=C1N. The number of nitrogens with zero attached hydrogens (tertiary/aromatic N) is 2. The molecule has 5 N–H and O–H groups in total. The van der Waals surface area contributed by atoms with Gasteiger partial charge in [-0.2, -0.15) is 0 Å². The number of carboxylic acids is 1. The highest BCUT2D eigenvalue weighted by Crippen LogP contribution is 2.10. The highest BCUT2D eigenvalue weighted by atomic mass is 16.4. The first-order chi connectivity index (χ1) is 7.02. The third-order valence-corrected chi connectivity index (χ3v) is 2.71. The second kappa shape index (κ2) is 4.97. The molecule has 0 aromatic carbocycles. The smallest absolute Gasteiger partial charge is 0.191 e. The van der Waals surface area contributed by atoms with Crippen molar-refractivity contribution in [3.63, 3.8) is 0 Å². The zero-order valence-electron chi connectivity index (χ0n) is 8.98. The van der Waals surface area contributed by atoms with E-state index in [1.165, 1.54) is 0 Å². The second-order valence-corrected chi connectivity index (χ2v) is 3.88. The molecule has 0 radical (unpaired) electrons. The van der Waals surface area contributed by atoms with E-state index in [0.717, 1.165) is 19.5 Å². The minimum atomic E-state index is -1.09. The topological polar surface area (TPSA) is 109 Å². The van der Waals surface area contributed by atoms with Crippen molar-refractivity contribution in [2.75, 3.05) is 13.1 Å². The highest BCUT2D eigenvalue weighted by molar-refractivity contribution is 5.79. The van der Waals surface area contributed by atoms with Gasteiger partial charge in [-0.3, -0.25) is 4.99 Å². The molecule has 0 saturated carbocycles. The van der Waals surface area contributed by atoms with E-state index in [2.05, 4.69) is 10.7 Å². The van der Waals surface area contributed by atoms with Crippen LogP contribution in [0.5, 0.6) is 0 Å². The van der Waals surface area contributed by atoms with Gasteiger partial charge in [0, 0.05) is 19.0 Å². The van der Waals surface area contributed by atoms with Crippen LogP contribution < -0.4 is 16.6 Å². The van der Waals surface area contributed by atoms with Crippen LogP contribution in [0.1, 0.15) is 19.8 Å². The molecule has 0 bridgehead atoms. The maximum Gasteiger partial charge on any atom is 0.191 e. The molecule has 2 unspecified atom stereocenters. The zero-order valence-corrected chi connectivity index (χ0v) is 8.98. The minimum absolute atomic E-state index is 0.208.